The van der Waals surface area contributed by atoms with Crippen LogP contribution in [0.1, 0.15) is 10.6 Å². The SMILES string of the molecule is CN=C(NCc1csc(N(C)C)n1)N(C)Cc1ccc(Cl)s1. The second-order valence-electron chi connectivity index (χ2n) is 4.98. The quantitative estimate of drug-likeness (QED) is 0.659. The van der Waals surface area contributed by atoms with Gasteiger partial charge in [-0.1, -0.05) is 11.6 Å². The van der Waals surface area contributed by atoms with Gasteiger partial charge in [0, 0.05) is 38.4 Å². The Labute approximate surface area is 144 Å². The first-order valence-corrected chi connectivity index (χ1v) is 8.84. The third-order valence-corrected chi connectivity index (χ3v) is 5.22. The van der Waals surface area contributed by atoms with Gasteiger partial charge in [-0.05, 0) is 12.1 Å². The fraction of sp³-hybridized carbons (Fsp3) is 0.429. The van der Waals surface area contributed by atoms with Crippen LogP contribution in [0.15, 0.2) is 22.5 Å². The molecule has 22 heavy (non-hydrogen) atoms. The van der Waals surface area contributed by atoms with E-state index in [9.17, 15) is 0 Å². The zero-order valence-electron chi connectivity index (χ0n) is 13.1. The number of aromatic nitrogens is 1. The smallest absolute Gasteiger partial charge is 0.194 e. The highest BCUT2D eigenvalue weighted by molar-refractivity contribution is 7.16. The molecule has 0 atom stereocenters. The molecule has 0 unspecified atom stereocenters. The lowest BCUT2D eigenvalue weighted by Crippen LogP contribution is -2.37. The van der Waals surface area contributed by atoms with Crippen LogP contribution < -0.4 is 10.2 Å². The minimum Gasteiger partial charge on any atom is -0.354 e. The molecule has 2 rings (SSSR count). The molecular formula is C14H20ClN5S2. The summed E-state index contributed by atoms with van der Waals surface area (Å²) in [6.45, 7) is 1.43. The zero-order valence-corrected chi connectivity index (χ0v) is 15.5. The van der Waals surface area contributed by atoms with Crippen molar-refractivity contribution in [3.63, 3.8) is 0 Å². The Bertz CT molecular complexity index is 635. The van der Waals surface area contributed by atoms with Crippen molar-refractivity contribution in [2.24, 2.45) is 4.99 Å². The standard InChI is InChI=1S/C14H20ClN5S2/c1-16-13(20(4)8-11-5-6-12(15)22-11)17-7-10-9-21-14(18-10)19(2)3/h5-6,9H,7-8H2,1-4H3,(H,16,17). The van der Waals surface area contributed by atoms with E-state index >= 15 is 0 Å². The van der Waals surface area contributed by atoms with Crippen molar-refractivity contribution in [1.82, 2.24) is 15.2 Å². The van der Waals surface area contributed by atoms with E-state index in [1.807, 2.05) is 38.2 Å². The number of thiophene rings is 1. The number of rotatable bonds is 5. The lowest BCUT2D eigenvalue weighted by molar-refractivity contribution is 0.481. The minimum atomic E-state index is 0.659. The number of hydrogen-bond acceptors (Lipinski definition) is 5. The number of nitrogens with zero attached hydrogens (tertiary/aromatic N) is 4. The van der Waals surface area contributed by atoms with Crippen LogP contribution in [0.3, 0.4) is 0 Å². The number of hydrogen-bond donors (Lipinski definition) is 1. The number of halogens is 1. The van der Waals surface area contributed by atoms with Gasteiger partial charge in [-0.25, -0.2) is 4.98 Å². The van der Waals surface area contributed by atoms with Gasteiger partial charge in [-0.15, -0.1) is 22.7 Å². The van der Waals surface area contributed by atoms with Gasteiger partial charge in [0.2, 0.25) is 0 Å². The van der Waals surface area contributed by atoms with E-state index in [1.54, 1.807) is 29.7 Å². The van der Waals surface area contributed by atoms with Crippen LogP contribution >= 0.6 is 34.3 Å². The molecule has 2 aromatic rings. The molecule has 0 aliphatic heterocycles. The monoisotopic (exact) mass is 357 g/mol. The molecule has 0 aromatic carbocycles. The van der Waals surface area contributed by atoms with Crippen molar-refractivity contribution in [2.45, 2.75) is 13.1 Å². The van der Waals surface area contributed by atoms with Gasteiger partial charge < -0.3 is 15.1 Å². The summed E-state index contributed by atoms with van der Waals surface area (Å²) in [7, 11) is 7.78. The molecule has 0 spiro atoms. The van der Waals surface area contributed by atoms with E-state index in [2.05, 4.69) is 25.6 Å². The molecular weight excluding hydrogens is 338 g/mol. The zero-order chi connectivity index (χ0) is 16.1. The topological polar surface area (TPSA) is 43.8 Å². The fourth-order valence-electron chi connectivity index (χ4n) is 1.88. The van der Waals surface area contributed by atoms with Crippen molar-refractivity contribution < 1.29 is 0 Å². The maximum atomic E-state index is 5.97. The summed E-state index contributed by atoms with van der Waals surface area (Å²) in [6, 6.07) is 3.96. The summed E-state index contributed by atoms with van der Waals surface area (Å²) in [6.07, 6.45) is 0. The van der Waals surface area contributed by atoms with E-state index in [4.69, 9.17) is 11.6 Å². The van der Waals surface area contributed by atoms with Crippen molar-refractivity contribution in [3.05, 3.63) is 32.4 Å². The molecule has 0 amide bonds. The Morgan fingerprint density at radius 1 is 1.36 bits per heavy atom. The van der Waals surface area contributed by atoms with Crippen LogP contribution in [0.2, 0.25) is 4.34 Å². The molecule has 5 nitrogen and oxygen atoms in total. The first-order chi connectivity index (χ1) is 10.5. The van der Waals surface area contributed by atoms with E-state index in [-0.39, 0.29) is 0 Å². The summed E-state index contributed by atoms with van der Waals surface area (Å²) in [5.74, 6) is 0.837. The van der Waals surface area contributed by atoms with Crippen LogP contribution in [-0.2, 0) is 13.1 Å². The molecule has 1 N–H and O–H groups in total. The highest BCUT2D eigenvalue weighted by atomic mass is 35.5. The van der Waals surface area contributed by atoms with Crippen molar-refractivity contribution >= 4 is 45.4 Å². The van der Waals surface area contributed by atoms with Crippen LogP contribution in [0.5, 0.6) is 0 Å². The lowest BCUT2D eigenvalue weighted by atomic mass is 10.4. The second kappa shape index (κ2) is 7.80. The third kappa shape index (κ3) is 4.59. The summed E-state index contributed by atoms with van der Waals surface area (Å²) < 4.78 is 0.810. The highest BCUT2D eigenvalue weighted by Crippen LogP contribution is 2.22. The van der Waals surface area contributed by atoms with Gasteiger partial charge in [0.1, 0.15) is 0 Å². The molecule has 2 aromatic heterocycles. The van der Waals surface area contributed by atoms with Crippen LogP contribution in [0.4, 0.5) is 5.13 Å². The molecule has 120 valence electrons. The summed E-state index contributed by atoms with van der Waals surface area (Å²) in [5, 5.41) is 6.41. The van der Waals surface area contributed by atoms with Gasteiger partial charge >= 0.3 is 0 Å². The van der Waals surface area contributed by atoms with Gasteiger partial charge in [-0.3, -0.25) is 4.99 Å². The molecule has 0 bridgehead atoms. The van der Waals surface area contributed by atoms with Crippen molar-refractivity contribution in [2.75, 3.05) is 33.1 Å². The molecule has 2 heterocycles. The van der Waals surface area contributed by atoms with Gasteiger partial charge in [0.05, 0.1) is 23.1 Å². The van der Waals surface area contributed by atoms with Crippen LogP contribution in [0.25, 0.3) is 0 Å². The molecule has 0 fully saturated rings. The second-order valence-corrected chi connectivity index (χ2v) is 7.61. The fourth-order valence-corrected chi connectivity index (χ4v) is 3.78. The molecule has 0 aliphatic rings. The number of nitrogens with one attached hydrogen (secondary N) is 1. The molecule has 0 saturated heterocycles. The van der Waals surface area contributed by atoms with Gasteiger partial charge in [0.15, 0.2) is 11.1 Å². The maximum absolute atomic E-state index is 5.97. The predicted molar refractivity (Wildman–Crippen MR) is 97.4 cm³/mol. The largest absolute Gasteiger partial charge is 0.354 e. The minimum absolute atomic E-state index is 0.659. The number of thiazole rings is 1. The van der Waals surface area contributed by atoms with E-state index in [0.717, 1.165) is 27.7 Å². The van der Waals surface area contributed by atoms with Gasteiger partial charge in [-0.2, -0.15) is 0 Å². The third-order valence-electron chi connectivity index (χ3n) is 2.95. The Morgan fingerprint density at radius 2 is 2.14 bits per heavy atom. The normalized spacial score (nSPS) is 11.6. The molecule has 0 aliphatic carbocycles. The van der Waals surface area contributed by atoms with Crippen LogP contribution in [0, 0.1) is 0 Å². The van der Waals surface area contributed by atoms with Gasteiger partial charge in [0.25, 0.3) is 0 Å². The highest BCUT2D eigenvalue weighted by Gasteiger charge is 2.09. The van der Waals surface area contributed by atoms with Crippen molar-refractivity contribution in [1.29, 1.82) is 0 Å². The van der Waals surface area contributed by atoms with E-state index in [0.29, 0.717) is 6.54 Å². The first-order valence-electron chi connectivity index (χ1n) is 6.77. The number of anilines is 1. The Balaban J connectivity index is 1.91. The lowest BCUT2D eigenvalue weighted by Gasteiger charge is -2.21. The van der Waals surface area contributed by atoms with Crippen molar-refractivity contribution in [3.8, 4) is 0 Å². The average Bonchev–Trinajstić information content (AvgIpc) is 3.09. The number of aliphatic imine (C=N–C) groups is 1. The molecule has 0 saturated carbocycles. The summed E-state index contributed by atoms with van der Waals surface area (Å²) in [4.78, 5) is 14.2. The van der Waals surface area contributed by atoms with Crippen LogP contribution in [-0.4, -0.2) is 44.0 Å². The van der Waals surface area contributed by atoms with E-state index in [1.165, 1.54) is 4.88 Å². The Kier molecular flexibility index (Phi) is 6.05. The number of guanidine groups is 1. The predicted octanol–water partition coefficient (Wildman–Crippen LogP) is 3.13. The summed E-state index contributed by atoms with van der Waals surface area (Å²) >= 11 is 9.20. The Morgan fingerprint density at radius 3 is 2.68 bits per heavy atom. The average molecular weight is 358 g/mol. The molecule has 0 radical (unpaired) electrons. The Hall–Kier alpha value is -1.31. The van der Waals surface area contributed by atoms with E-state index < -0.39 is 0 Å². The molecule has 8 heteroatoms. The summed E-state index contributed by atoms with van der Waals surface area (Å²) in [5.41, 5.74) is 1.02. The first kappa shape index (κ1) is 17.1. The maximum Gasteiger partial charge on any atom is 0.194 e.